The second-order valence-electron chi connectivity index (χ2n) is 6.58. The Bertz CT molecular complexity index is 275. The predicted octanol–water partition coefficient (Wildman–Crippen LogP) is 5.89. The fourth-order valence-corrected chi connectivity index (χ4v) is 2.68. The first-order valence-electron chi connectivity index (χ1n) is 8.91. The molecule has 0 aromatic rings. The largest absolute Gasteiger partial charge is 0.478 e. The summed E-state index contributed by atoms with van der Waals surface area (Å²) in [6, 6.07) is 0. The third-order valence-electron chi connectivity index (χ3n) is 4.45. The Morgan fingerprint density at radius 1 is 0.900 bits per heavy atom. The van der Waals surface area contributed by atoms with Gasteiger partial charge >= 0.3 is 0 Å². The standard InChI is InChI=1S/C18H35NO/c1-4-6-7-8-9-10-11-12-13-14-15-17-19-18(3,5-2)16-20-17/h4-16H2,1-3H3. The van der Waals surface area contributed by atoms with E-state index in [0.29, 0.717) is 0 Å². The zero-order chi connectivity index (χ0) is 14.7. The van der Waals surface area contributed by atoms with E-state index in [2.05, 4.69) is 20.8 Å². The van der Waals surface area contributed by atoms with Crippen LogP contribution in [0.15, 0.2) is 4.99 Å². The molecule has 2 nitrogen and oxygen atoms in total. The third-order valence-corrected chi connectivity index (χ3v) is 4.45. The molecular weight excluding hydrogens is 246 g/mol. The van der Waals surface area contributed by atoms with Crippen molar-refractivity contribution >= 4 is 5.90 Å². The number of ether oxygens (including phenoxy) is 1. The van der Waals surface area contributed by atoms with Gasteiger partial charge in [0.1, 0.15) is 6.61 Å². The minimum absolute atomic E-state index is 0.0633. The summed E-state index contributed by atoms with van der Waals surface area (Å²) in [5, 5.41) is 0. The van der Waals surface area contributed by atoms with E-state index in [-0.39, 0.29) is 5.54 Å². The highest BCUT2D eigenvalue weighted by Gasteiger charge is 2.28. The van der Waals surface area contributed by atoms with Gasteiger partial charge in [-0.15, -0.1) is 0 Å². The number of aliphatic imine (C=N–C) groups is 1. The van der Waals surface area contributed by atoms with Crippen molar-refractivity contribution in [2.75, 3.05) is 6.61 Å². The first-order chi connectivity index (χ1) is 9.70. The van der Waals surface area contributed by atoms with E-state index in [0.717, 1.165) is 25.3 Å². The smallest absolute Gasteiger partial charge is 0.183 e. The van der Waals surface area contributed by atoms with Crippen LogP contribution in [0.1, 0.15) is 97.8 Å². The molecular formula is C18H35NO. The Morgan fingerprint density at radius 3 is 1.95 bits per heavy atom. The van der Waals surface area contributed by atoms with Crippen molar-refractivity contribution in [3.63, 3.8) is 0 Å². The maximum atomic E-state index is 5.69. The van der Waals surface area contributed by atoms with E-state index in [1.165, 1.54) is 64.2 Å². The molecule has 0 aliphatic carbocycles. The summed E-state index contributed by atoms with van der Waals surface area (Å²) >= 11 is 0. The van der Waals surface area contributed by atoms with Crippen molar-refractivity contribution in [3.8, 4) is 0 Å². The Labute approximate surface area is 126 Å². The zero-order valence-corrected chi connectivity index (χ0v) is 14.0. The third kappa shape index (κ3) is 7.31. The number of unbranched alkanes of at least 4 members (excludes halogenated alkanes) is 9. The molecule has 20 heavy (non-hydrogen) atoms. The van der Waals surface area contributed by atoms with Crippen molar-refractivity contribution in [1.82, 2.24) is 0 Å². The fourth-order valence-electron chi connectivity index (χ4n) is 2.68. The molecule has 1 heterocycles. The normalized spacial score (nSPS) is 21.9. The van der Waals surface area contributed by atoms with Crippen LogP contribution in [-0.2, 0) is 4.74 Å². The van der Waals surface area contributed by atoms with E-state index in [4.69, 9.17) is 9.73 Å². The van der Waals surface area contributed by atoms with Crippen LogP contribution >= 0.6 is 0 Å². The van der Waals surface area contributed by atoms with Crippen molar-refractivity contribution < 1.29 is 4.74 Å². The number of hydrogen-bond acceptors (Lipinski definition) is 2. The highest BCUT2D eigenvalue weighted by molar-refractivity contribution is 5.78. The lowest BCUT2D eigenvalue weighted by Crippen LogP contribution is -2.21. The minimum atomic E-state index is 0.0633. The summed E-state index contributed by atoms with van der Waals surface area (Å²) in [6.07, 6.45) is 16.0. The van der Waals surface area contributed by atoms with Crippen molar-refractivity contribution in [2.45, 2.75) is 103 Å². The Hall–Kier alpha value is -0.530. The second kappa shape index (κ2) is 10.2. The molecule has 0 bridgehead atoms. The van der Waals surface area contributed by atoms with Crippen LogP contribution < -0.4 is 0 Å². The summed E-state index contributed by atoms with van der Waals surface area (Å²) in [6.45, 7) is 7.45. The molecule has 118 valence electrons. The Morgan fingerprint density at radius 2 is 1.45 bits per heavy atom. The average Bonchev–Trinajstić information content (AvgIpc) is 2.83. The summed E-state index contributed by atoms with van der Waals surface area (Å²) in [5.41, 5.74) is 0.0633. The number of nitrogens with zero attached hydrogens (tertiary/aromatic N) is 1. The number of hydrogen-bond donors (Lipinski definition) is 0. The predicted molar refractivity (Wildman–Crippen MR) is 88.5 cm³/mol. The SMILES string of the molecule is CCCCCCCCCCCCC1=NC(C)(CC)CO1. The molecule has 1 aliphatic heterocycles. The monoisotopic (exact) mass is 281 g/mol. The van der Waals surface area contributed by atoms with E-state index >= 15 is 0 Å². The van der Waals surface area contributed by atoms with E-state index < -0.39 is 0 Å². The molecule has 1 atom stereocenters. The molecule has 0 saturated heterocycles. The first kappa shape index (κ1) is 17.5. The Kier molecular flexibility index (Phi) is 8.97. The van der Waals surface area contributed by atoms with Gasteiger partial charge in [0.25, 0.3) is 0 Å². The number of rotatable bonds is 12. The molecule has 1 aliphatic rings. The van der Waals surface area contributed by atoms with Crippen LogP contribution in [0.5, 0.6) is 0 Å². The molecule has 1 unspecified atom stereocenters. The van der Waals surface area contributed by atoms with Gasteiger partial charge in [-0.3, -0.25) is 0 Å². The maximum absolute atomic E-state index is 5.69. The summed E-state index contributed by atoms with van der Waals surface area (Å²) in [4.78, 5) is 4.71. The average molecular weight is 281 g/mol. The van der Waals surface area contributed by atoms with E-state index in [1.807, 2.05) is 0 Å². The summed E-state index contributed by atoms with van der Waals surface area (Å²) in [5.74, 6) is 1.01. The highest BCUT2D eigenvalue weighted by atomic mass is 16.5. The maximum Gasteiger partial charge on any atom is 0.183 e. The summed E-state index contributed by atoms with van der Waals surface area (Å²) < 4.78 is 5.69. The molecule has 0 spiro atoms. The lowest BCUT2D eigenvalue weighted by atomic mass is 10.0. The molecule has 0 aromatic heterocycles. The summed E-state index contributed by atoms with van der Waals surface area (Å²) in [7, 11) is 0. The van der Waals surface area contributed by atoms with E-state index in [9.17, 15) is 0 Å². The first-order valence-corrected chi connectivity index (χ1v) is 8.91. The molecule has 1 rings (SSSR count). The van der Waals surface area contributed by atoms with Gasteiger partial charge < -0.3 is 4.74 Å². The van der Waals surface area contributed by atoms with Gasteiger partial charge in [-0.05, 0) is 19.8 Å². The lowest BCUT2D eigenvalue weighted by Gasteiger charge is -2.13. The van der Waals surface area contributed by atoms with Crippen LogP contribution in [-0.4, -0.2) is 18.0 Å². The second-order valence-corrected chi connectivity index (χ2v) is 6.58. The van der Waals surface area contributed by atoms with Gasteiger partial charge in [0.05, 0.1) is 5.54 Å². The van der Waals surface area contributed by atoms with Crippen LogP contribution in [0.4, 0.5) is 0 Å². The van der Waals surface area contributed by atoms with Crippen molar-refractivity contribution in [1.29, 1.82) is 0 Å². The van der Waals surface area contributed by atoms with Crippen molar-refractivity contribution in [3.05, 3.63) is 0 Å². The van der Waals surface area contributed by atoms with Crippen LogP contribution in [0.2, 0.25) is 0 Å². The lowest BCUT2D eigenvalue weighted by molar-refractivity contribution is 0.257. The topological polar surface area (TPSA) is 21.6 Å². The van der Waals surface area contributed by atoms with Gasteiger partial charge in [-0.1, -0.05) is 71.6 Å². The van der Waals surface area contributed by atoms with Gasteiger partial charge in [0, 0.05) is 6.42 Å². The van der Waals surface area contributed by atoms with Gasteiger partial charge in [0.15, 0.2) is 5.90 Å². The zero-order valence-electron chi connectivity index (χ0n) is 14.0. The molecule has 0 radical (unpaired) electrons. The Balaban J connectivity index is 1.89. The van der Waals surface area contributed by atoms with E-state index in [1.54, 1.807) is 0 Å². The van der Waals surface area contributed by atoms with Gasteiger partial charge in [-0.25, -0.2) is 4.99 Å². The minimum Gasteiger partial charge on any atom is -0.478 e. The molecule has 0 fully saturated rings. The molecule has 0 saturated carbocycles. The van der Waals surface area contributed by atoms with Gasteiger partial charge in [-0.2, -0.15) is 0 Å². The van der Waals surface area contributed by atoms with Gasteiger partial charge in [0.2, 0.25) is 0 Å². The quantitative estimate of drug-likeness (QED) is 0.408. The molecule has 0 aromatic carbocycles. The molecule has 0 amide bonds. The molecule has 0 N–H and O–H groups in total. The fraction of sp³-hybridized carbons (Fsp3) is 0.944. The molecule has 2 heteroatoms. The highest BCUT2D eigenvalue weighted by Crippen LogP contribution is 2.23. The van der Waals surface area contributed by atoms with Crippen LogP contribution in [0, 0.1) is 0 Å². The van der Waals surface area contributed by atoms with Crippen molar-refractivity contribution in [2.24, 2.45) is 4.99 Å². The van der Waals surface area contributed by atoms with Crippen LogP contribution in [0.25, 0.3) is 0 Å². The van der Waals surface area contributed by atoms with Crippen LogP contribution in [0.3, 0.4) is 0 Å².